The molecule has 2 atom stereocenters. The van der Waals surface area contributed by atoms with Crippen LogP contribution < -0.4 is 11.1 Å². The Morgan fingerprint density at radius 2 is 2.14 bits per heavy atom. The van der Waals surface area contributed by atoms with E-state index in [1.807, 2.05) is 0 Å². The highest BCUT2D eigenvalue weighted by atomic mass is 16.5. The van der Waals surface area contributed by atoms with Crippen molar-refractivity contribution in [2.45, 2.75) is 25.5 Å². The van der Waals surface area contributed by atoms with Crippen LogP contribution in [0.3, 0.4) is 0 Å². The Kier molecular flexibility index (Phi) is 7.37. The topological polar surface area (TPSA) is 73.6 Å². The van der Waals surface area contributed by atoms with Crippen LogP contribution in [0.5, 0.6) is 0 Å². The second kappa shape index (κ2) is 7.73. The van der Waals surface area contributed by atoms with Gasteiger partial charge in [0.1, 0.15) is 6.10 Å². The molecule has 0 aromatic rings. The first kappa shape index (κ1) is 13.4. The predicted molar refractivity (Wildman–Crippen MR) is 53.9 cm³/mol. The number of hydrogen-bond acceptors (Lipinski definition) is 4. The van der Waals surface area contributed by atoms with Gasteiger partial charge < -0.3 is 20.5 Å². The van der Waals surface area contributed by atoms with Gasteiger partial charge in [0, 0.05) is 26.8 Å². The van der Waals surface area contributed by atoms with Crippen LogP contribution in [0.25, 0.3) is 0 Å². The van der Waals surface area contributed by atoms with Crippen molar-refractivity contribution in [3.8, 4) is 0 Å². The van der Waals surface area contributed by atoms with Gasteiger partial charge >= 0.3 is 0 Å². The molecule has 0 aromatic carbocycles. The van der Waals surface area contributed by atoms with Crippen molar-refractivity contribution in [2.75, 3.05) is 27.4 Å². The van der Waals surface area contributed by atoms with Gasteiger partial charge in [0.2, 0.25) is 5.91 Å². The minimum Gasteiger partial charge on any atom is -0.383 e. The van der Waals surface area contributed by atoms with Gasteiger partial charge in [0.15, 0.2) is 0 Å². The lowest BCUT2D eigenvalue weighted by molar-refractivity contribution is -0.130. The van der Waals surface area contributed by atoms with Crippen LogP contribution in [0, 0.1) is 0 Å². The Labute approximate surface area is 84.9 Å². The molecule has 0 aliphatic carbocycles. The van der Waals surface area contributed by atoms with Crippen molar-refractivity contribution in [2.24, 2.45) is 5.73 Å². The lowest BCUT2D eigenvalue weighted by Gasteiger charge is -2.13. The van der Waals surface area contributed by atoms with E-state index < -0.39 is 6.10 Å². The molecular weight excluding hydrogens is 184 g/mol. The van der Waals surface area contributed by atoms with Gasteiger partial charge in [-0.05, 0) is 13.3 Å². The number of hydrogen-bond donors (Lipinski definition) is 2. The van der Waals surface area contributed by atoms with E-state index in [0.29, 0.717) is 19.6 Å². The normalized spacial score (nSPS) is 14.9. The smallest absolute Gasteiger partial charge is 0.248 e. The van der Waals surface area contributed by atoms with Gasteiger partial charge in [0.05, 0.1) is 6.61 Å². The summed E-state index contributed by atoms with van der Waals surface area (Å²) in [5, 5.41) is 2.72. The Morgan fingerprint density at radius 1 is 1.50 bits per heavy atom. The molecule has 5 nitrogen and oxygen atoms in total. The molecular formula is C9H20N2O3. The summed E-state index contributed by atoms with van der Waals surface area (Å²) in [6.07, 6.45) is 0.296. The van der Waals surface area contributed by atoms with E-state index in [0.717, 1.165) is 0 Å². The van der Waals surface area contributed by atoms with Crippen LogP contribution in [0.4, 0.5) is 0 Å². The van der Waals surface area contributed by atoms with Gasteiger partial charge in [-0.2, -0.15) is 0 Å². The fourth-order valence-electron chi connectivity index (χ4n) is 0.929. The number of nitrogens with two attached hydrogens (primary N) is 1. The van der Waals surface area contributed by atoms with Gasteiger partial charge in [-0.25, -0.2) is 0 Å². The van der Waals surface area contributed by atoms with Crippen LogP contribution in [-0.2, 0) is 14.3 Å². The molecule has 0 aliphatic rings. The first-order valence-corrected chi connectivity index (χ1v) is 4.66. The summed E-state index contributed by atoms with van der Waals surface area (Å²) in [7, 11) is 3.10. The molecule has 2 unspecified atom stereocenters. The van der Waals surface area contributed by atoms with Gasteiger partial charge in [-0.3, -0.25) is 4.79 Å². The first-order chi connectivity index (χ1) is 6.61. The fraction of sp³-hybridized carbons (Fsp3) is 0.889. The van der Waals surface area contributed by atoms with Crippen molar-refractivity contribution >= 4 is 5.91 Å². The van der Waals surface area contributed by atoms with Gasteiger partial charge in [0.25, 0.3) is 0 Å². The number of ether oxygens (including phenoxy) is 2. The molecule has 0 rings (SSSR count). The Balaban J connectivity index is 3.48. The second-order valence-electron chi connectivity index (χ2n) is 3.17. The number of nitrogens with one attached hydrogen (secondary N) is 1. The first-order valence-electron chi connectivity index (χ1n) is 4.66. The van der Waals surface area contributed by atoms with Gasteiger partial charge in [-0.15, -0.1) is 0 Å². The zero-order valence-electron chi connectivity index (χ0n) is 9.08. The molecule has 14 heavy (non-hydrogen) atoms. The quantitative estimate of drug-likeness (QED) is 0.586. The molecule has 0 saturated carbocycles. The van der Waals surface area contributed by atoms with Crippen LogP contribution in [-0.4, -0.2) is 45.4 Å². The summed E-state index contributed by atoms with van der Waals surface area (Å²) in [5.41, 5.74) is 5.67. The number of rotatable bonds is 7. The monoisotopic (exact) mass is 204 g/mol. The summed E-state index contributed by atoms with van der Waals surface area (Å²) in [5.74, 6) is -0.114. The lowest BCUT2D eigenvalue weighted by Crippen LogP contribution is -2.37. The van der Waals surface area contributed by atoms with E-state index in [1.54, 1.807) is 14.0 Å². The Bertz CT molecular complexity index is 164. The molecule has 0 aliphatic heterocycles. The Morgan fingerprint density at radius 3 is 2.64 bits per heavy atom. The zero-order chi connectivity index (χ0) is 11.0. The highest BCUT2D eigenvalue weighted by molar-refractivity contribution is 5.80. The number of amides is 1. The van der Waals surface area contributed by atoms with Crippen molar-refractivity contribution in [3.63, 3.8) is 0 Å². The number of carbonyl (C=O) groups excluding carboxylic acids is 1. The predicted octanol–water partition coefficient (Wildman–Crippen LogP) is -0.499. The molecule has 0 bridgehead atoms. The van der Waals surface area contributed by atoms with E-state index in [1.165, 1.54) is 7.11 Å². The molecule has 0 radical (unpaired) electrons. The minimum absolute atomic E-state index is 0.0295. The van der Waals surface area contributed by atoms with Crippen molar-refractivity contribution in [3.05, 3.63) is 0 Å². The third kappa shape index (κ3) is 5.90. The molecule has 0 spiro atoms. The average Bonchev–Trinajstić information content (AvgIpc) is 2.16. The van der Waals surface area contributed by atoms with Crippen LogP contribution in [0.1, 0.15) is 13.3 Å². The largest absolute Gasteiger partial charge is 0.383 e. The average molecular weight is 204 g/mol. The molecule has 0 heterocycles. The zero-order valence-corrected chi connectivity index (χ0v) is 9.08. The molecule has 84 valence electrons. The van der Waals surface area contributed by atoms with E-state index in [2.05, 4.69) is 5.32 Å². The highest BCUT2D eigenvalue weighted by Crippen LogP contribution is 1.90. The summed E-state index contributed by atoms with van der Waals surface area (Å²) >= 11 is 0. The van der Waals surface area contributed by atoms with Crippen LogP contribution >= 0.6 is 0 Å². The molecule has 5 heteroatoms. The number of carbonyl (C=O) groups is 1. The minimum atomic E-state index is -0.409. The van der Waals surface area contributed by atoms with E-state index in [4.69, 9.17) is 15.2 Å². The van der Waals surface area contributed by atoms with Crippen molar-refractivity contribution in [1.29, 1.82) is 0 Å². The second-order valence-corrected chi connectivity index (χ2v) is 3.17. The summed E-state index contributed by atoms with van der Waals surface area (Å²) in [6, 6.07) is -0.0295. The summed E-state index contributed by atoms with van der Waals surface area (Å²) < 4.78 is 9.72. The maximum Gasteiger partial charge on any atom is 0.248 e. The van der Waals surface area contributed by atoms with E-state index >= 15 is 0 Å². The summed E-state index contributed by atoms with van der Waals surface area (Å²) in [6.45, 7) is 2.76. The standard InChI is InChI=1S/C9H20N2O3/c1-7(14-3)9(12)11-5-4-8(10)6-13-2/h7-8H,4-6,10H2,1-3H3,(H,11,12). The molecule has 1 amide bonds. The van der Waals surface area contributed by atoms with E-state index in [-0.39, 0.29) is 11.9 Å². The SMILES string of the molecule is COCC(N)CCNC(=O)C(C)OC. The maximum absolute atomic E-state index is 11.2. The summed E-state index contributed by atoms with van der Waals surface area (Å²) in [4.78, 5) is 11.2. The van der Waals surface area contributed by atoms with E-state index in [9.17, 15) is 4.79 Å². The molecule has 3 N–H and O–H groups in total. The van der Waals surface area contributed by atoms with Crippen molar-refractivity contribution < 1.29 is 14.3 Å². The maximum atomic E-state index is 11.2. The van der Waals surface area contributed by atoms with Crippen molar-refractivity contribution in [1.82, 2.24) is 5.32 Å². The molecule has 0 fully saturated rings. The number of methoxy groups -OCH3 is 2. The third-order valence-electron chi connectivity index (χ3n) is 1.92. The molecule has 0 aromatic heterocycles. The van der Waals surface area contributed by atoms with Gasteiger partial charge in [-0.1, -0.05) is 0 Å². The van der Waals surface area contributed by atoms with Crippen LogP contribution in [0.2, 0.25) is 0 Å². The lowest BCUT2D eigenvalue weighted by atomic mass is 10.2. The fourth-order valence-corrected chi connectivity index (χ4v) is 0.929. The highest BCUT2D eigenvalue weighted by Gasteiger charge is 2.10. The van der Waals surface area contributed by atoms with Crippen LogP contribution in [0.15, 0.2) is 0 Å². The Hall–Kier alpha value is -0.650. The third-order valence-corrected chi connectivity index (χ3v) is 1.92. The molecule has 0 saturated heterocycles.